The van der Waals surface area contributed by atoms with E-state index in [-0.39, 0.29) is 5.91 Å². The van der Waals surface area contributed by atoms with Crippen LogP contribution >= 0.6 is 0 Å². The Morgan fingerprint density at radius 1 is 1.00 bits per heavy atom. The summed E-state index contributed by atoms with van der Waals surface area (Å²) in [6.45, 7) is 14.2. The second kappa shape index (κ2) is 7.73. The van der Waals surface area contributed by atoms with Crippen molar-refractivity contribution in [2.24, 2.45) is 0 Å². The molecule has 0 aliphatic rings. The average Bonchev–Trinajstić information content (AvgIpc) is 2.53. The molecule has 2 rings (SSSR count). The van der Waals surface area contributed by atoms with E-state index >= 15 is 0 Å². The van der Waals surface area contributed by atoms with Crippen molar-refractivity contribution in [1.29, 1.82) is 0 Å². The van der Waals surface area contributed by atoms with E-state index in [9.17, 15) is 4.79 Å². The number of ether oxygens (including phenoxy) is 1. The first-order valence-electron chi connectivity index (χ1n) is 8.85. The molecule has 0 fully saturated rings. The van der Waals surface area contributed by atoms with Crippen molar-refractivity contribution in [2.75, 3.05) is 5.32 Å². The highest BCUT2D eigenvalue weighted by Gasteiger charge is 2.19. The molecule has 134 valence electrons. The number of hydrogen-bond donors (Lipinski definition) is 1. The summed E-state index contributed by atoms with van der Waals surface area (Å²) in [7, 11) is 0. The van der Waals surface area contributed by atoms with Gasteiger partial charge in [0.05, 0.1) is 0 Å². The van der Waals surface area contributed by atoms with Gasteiger partial charge in [0, 0.05) is 5.69 Å². The number of benzene rings is 2. The van der Waals surface area contributed by atoms with Crippen LogP contribution in [0.4, 0.5) is 5.69 Å². The molecule has 25 heavy (non-hydrogen) atoms. The fraction of sp³-hybridized carbons (Fsp3) is 0.409. The lowest BCUT2D eigenvalue weighted by Gasteiger charge is -2.21. The molecular weight excluding hydrogens is 310 g/mol. The van der Waals surface area contributed by atoms with Crippen LogP contribution in [-0.2, 0) is 4.79 Å². The van der Waals surface area contributed by atoms with E-state index in [4.69, 9.17) is 4.74 Å². The quantitative estimate of drug-likeness (QED) is 0.786. The van der Waals surface area contributed by atoms with Gasteiger partial charge in [-0.05, 0) is 74.4 Å². The van der Waals surface area contributed by atoms with Crippen LogP contribution in [0.5, 0.6) is 5.75 Å². The van der Waals surface area contributed by atoms with Crippen LogP contribution in [-0.4, -0.2) is 12.0 Å². The Kier molecular flexibility index (Phi) is 5.89. The van der Waals surface area contributed by atoms with Gasteiger partial charge in [-0.25, -0.2) is 0 Å². The van der Waals surface area contributed by atoms with E-state index in [1.54, 1.807) is 6.92 Å². The van der Waals surface area contributed by atoms with Gasteiger partial charge >= 0.3 is 0 Å². The highest BCUT2D eigenvalue weighted by Crippen LogP contribution is 2.28. The largest absolute Gasteiger partial charge is 0.481 e. The molecule has 2 aromatic carbocycles. The summed E-state index contributed by atoms with van der Waals surface area (Å²) < 4.78 is 5.97. The molecular formula is C22H29NO2. The molecule has 1 N–H and O–H groups in total. The van der Waals surface area contributed by atoms with Crippen molar-refractivity contribution in [3.05, 3.63) is 58.1 Å². The maximum absolute atomic E-state index is 12.7. The van der Waals surface area contributed by atoms with Crippen LogP contribution in [0.2, 0.25) is 0 Å². The van der Waals surface area contributed by atoms with Gasteiger partial charge in [0.1, 0.15) is 5.75 Å². The fourth-order valence-corrected chi connectivity index (χ4v) is 2.93. The van der Waals surface area contributed by atoms with Gasteiger partial charge in [0.25, 0.3) is 5.91 Å². The smallest absolute Gasteiger partial charge is 0.265 e. The number of carbonyl (C=O) groups excluding carboxylic acids is 1. The summed E-state index contributed by atoms with van der Waals surface area (Å²) in [4.78, 5) is 12.7. The highest BCUT2D eigenvalue weighted by molar-refractivity contribution is 5.95. The van der Waals surface area contributed by atoms with Gasteiger partial charge in [0.2, 0.25) is 0 Å². The number of hydrogen-bond acceptors (Lipinski definition) is 2. The Morgan fingerprint density at radius 2 is 1.68 bits per heavy atom. The number of anilines is 1. The van der Waals surface area contributed by atoms with Gasteiger partial charge in [-0.2, -0.15) is 0 Å². The number of para-hydroxylation sites is 1. The van der Waals surface area contributed by atoms with E-state index in [0.717, 1.165) is 33.7 Å². The van der Waals surface area contributed by atoms with E-state index in [2.05, 4.69) is 38.2 Å². The Morgan fingerprint density at radius 3 is 2.32 bits per heavy atom. The van der Waals surface area contributed by atoms with Crippen LogP contribution in [0.15, 0.2) is 30.3 Å². The molecule has 0 unspecified atom stereocenters. The van der Waals surface area contributed by atoms with E-state index < -0.39 is 6.10 Å². The van der Waals surface area contributed by atoms with E-state index in [1.807, 2.05) is 39.0 Å². The molecule has 0 aromatic heterocycles. The number of nitrogens with one attached hydrogen (secondary N) is 1. The van der Waals surface area contributed by atoms with Crippen LogP contribution in [0, 0.1) is 27.7 Å². The lowest BCUT2D eigenvalue weighted by Crippen LogP contribution is -2.31. The minimum atomic E-state index is -0.570. The Labute approximate surface area is 151 Å². The second-order valence-electron chi connectivity index (χ2n) is 7.15. The first-order chi connectivity index (χ1) is 11.7. The van der Waals surface area contributed by atoms with Gasteiger partial charge < -0.3 is 10.1 Å². The van der Waals surface area contributed by atoms with Crippen LogP contribution < -0.4 is 10.1 Å². The predicted octanol–water partition coefficient (Wildman–Crippen LogP) is 5.45. The maximum Gasteiger partial charge on any atom is 0.265 e. The van der Waals surface area contributed by atoms with Gasteiger partial charge in [-0.15, -0.1) is 0 Å². The maximum atomic E-state index is 12.7. The molecule has 0 saturated carbocycles. The number of carbonyl (C=O) groups is 1. The van der Waals surface area contributed by atoms with Crippen molar-refractivity contribution in [1.82, 2.24) is 0 Å². The molecule has 1 atom stereocenters. The van der Waals surface area contributed by atoms with Crippen LogP contribution in [0.1, 0.15) is 54.5 Å². The fourth-order valence-electron chi connectivity index (χ4n) is 2.93. The van der Waals surface area contributed by atoms with E-state index in [1.165, 1.54) is 5.56 Å². The topological polar surface area (TPSA) is 38.3 Å². The summed E-state index contributed by atoms with van der Waals surface area (Å²) in [5, 5.41) is 3.06. The molecule has 0 aliphatic carbocycles. The molecule has 1 amide bonds. The molecule has 0 saturated heterocycles. The summed E-state index contributed by atoms with van der Waals surface area (Å²) in [5.74, 6) is 0.983. The average molecular weight is 339 g/mol. The molecule has 0 aliphatic heterocycles. The molecule has 0 radical (unpaired) electrons. The zero-order chi connectivity index (χ0) is 18.7. The third-order valence-corrected chi connectivity index (χ3v) is 4.61. The lowest BCUT2D eigenvalue weighted by molar-refractivity contribution is -0.122. The lowest BCUT2D eigenvalue weighted by atomic mass is 9.98. The molecule has 3 heteroatoms. The third-order valence-electron chi connectivity index (χ3n) is 4.61. The van der Waals surface area contributed by atoms with Crippen molar-refractivity contribution < 1.29 is 9.53 Å². The first-order valence-corrected chi connectivity index (χ1v) is 8.85. The zero-order valence-electron chi connectivity index (χ0n) is 16.4. The van der Waals surface area contributed by atoms with Crippen molar-refractivity contribution in [3.8, 4) is 5.75 Å². The molecule has 0 spiro atoms. The van der Waals surface area contributed by atoms with Gasteiger partial charge in [-0.1, -0.05) is 38.1 Å². The van der Waals surface area contributed by atoms with Crippen LogP contribution in [0.25, 0.3) is 0 Å². The highest BCUT2D eigenvalue weighted by atomic mass is 16.5. The third kappa shape index (κ3) is 4.41. The van der Waals surface area contributed by atoms with E-state index in [0.29, 0.717) is 5.92 Å². The molecule has 0 heterocycles. The summed E-state index contributed by atoms with van der Waals surface area (Å²) >= 11 is 0. The zero-order valence-corrected chi connectivity index (χ0v) is 16.4. The van der Waals surface area contributed by atoms with Crippen molar-refractivity contribution >= 4 is 11.6 Å². The Balaban J connectivity index is 2.20. The standard InChI is InChI=1S/C22H29NO2/c1-13(2)19-10-8-9-15(4)21(19)23-22(24)18(7)25-20-12-14(3)11-16(5)17(20)6/h8-13,18H,1-7H3,(H,23,24)/t18-/m0/s1. The SMILES string of the molecule is Cc1cc(C)c(C)c(O[C@@H](C)C(=O)Nc2c(C)cccc2C(C)C)c1. The number of amides is 1. The first kappa shape index (κ1) is 19.0. The normalized spacial score (nSPS) is 12.2. The van der Waals surface area contributed by atoms with Crippen LogP contribution in [0.3, 0.4) is 0 Å². The summed E-state index contributed by atoms with van der Waals surface area (Å²) in [6.07, 6.45) is -0.570. The van der Waals surface area contributed by atoms with Crippen molar-refractivity contribution in [3.63, 3.8) is 0 Å². The minimum absolute atomic E-state index is 0.130. The summed E-state index contributed by atoms with van der Waals surface area (Å²) in [6, 6.07) is 10.2. The molecule has 0 bridgehead atoms. The van der Waals surface area contributed by atoms with Gasteiger partial charge in [0.15, 0.2) is 6.10 Å². The molecule has 3 nitrogen and oxygen atoms in total. The monoisotopic (exact) mass is 339 g/mol. The Bertz CT molecular complexity index is 778. The van der Waals surface area contributed by atoms with Gasteiger partial charge in [-0.3, -0.25) is 4.79 Å². The molecule has 2 aromatic rings. The predicted molar refractivity (Wildman–Crippen MR) is 105 cm³/mol. The second-order valence-corrected chi connectivity index (χ2v) is 7.15. The number of aryl methyl sites for hydroxylation is 3. The minimum Gasteiger partial charge on any atom is -0.481 e. The Hall–Kier alpha value is -2.29. The van der Waals surface area contributed by atoms with Crippen molar-refractivity contribution in [2.45, 2.75) is 60.5 Å². The summed E-state index contributed by atoms with van der Waals surface area (Å²) in [5.41, 5.74) is 6.48. The number of rotatable bonds is 5.